The zero-order valence-electron chi connectivity index (χ0n) is 25.5. The van der Waals surface area contributed by atoms with E-state index >= 15 is 0 Å². The van der Waals surface area contributed by atoms with Gasteiger partial charge >= 0.3 is 0 Å². The quantitative estimate of drug-likeness (QED) is 0.0800. The first-order chi connectivity index (χ1) is 17.9. The van der Waals surface area contributed by atoms with E-state index in [4.69, 9.17) is 0 Å². The molecule has 0 fully saturated rings. The van der Waals surface area contributed by atoms with E-state index in [9.17, 15) is 0 Å². The van der Waals surface area contributed by atoms with Crippen LogP contribution in [0, 0.1) is 6.92 Å². The fourth-order valence-corrected chi connectivity index (χ4v) is 5.58. The summed E-state index contributed by atoms with van der Waals surface area (Å²) in [5.41, 5.74) is 0. The van der Waals surface area contributed by atoms with Crippen molar-refractivity contribution in [2.45, 2.75) is 212 Å². The second kappa shape index (κ2) is 34.7. The highest BCUT2D eigenvalue weighted by atomic mass is 14.0. The summed E-state index contributed by atoms with van der Waals surface area (Å²) < 4.78 is 0. The molecular formula is C36H71. The Bertz CT molecular complexity index is 381. The molecule has 1 radical (unpaired) electrons. The van der Waals surface area contributed by atoms with Crippen molar-refractivity contribution in [2.75, 3.05) is 0 Å². The molecule has 0 rings (SSSR count). The molecule has 0 bridgehead atoms. The van der Waals surface area contributed by atoms with Crippen LogP contribution in [0.2, 0.25) is 0 Å². The standard InChI is InChI=1S/C36H71/c1-3-5-7-9-11-13-15-17-19-21-23-25-27-29-31-33-35-36-34-32-30-28-26-24-22-20-18-16-14-12-10-8-6-4-2/h3,5H,1,4,6-36H2,2H3. The van der Waals surface area contributed by atoms with Crippen LogP contribution < -0.4 is 0 Å². The van der Waals surface area contributed by atoms with Gasteiger partial charge in [0.25, 0.3) is 0 Å². The van der Waals surface area contributed by atoms with Gasteiger partial charge in [-0.1, -0.05) is 212 Å². The summed E-state index contributed by atoms with van der Waals surface area (Å²) in [4.78, 5) is 0. The third-order valence-corrected chi connectivity index (χ3v) is 8.14. The molecule has 0 atom stereocenters. The van der Waals surface area contributed by atoms with Crippen LogP contribution in [-0.4, -0.2) is 0 Å². The average Bonchev–Trinajstić information content (AvgIpc) is 2.89. The number of rotatable bonds is 32. The van der Waals surface area contributed by atoms with E-state index in [0.717, 1.165) is 0 Å². The van der Waals surface area contributed by atoms with Crippen LogP contribution in [0.25, 0.3) is 0 Å². The summed E-state index contributed by atoms with van der Waals surface area (Å²) in [5, 5.41) is 0. The van der Waals surface area contributed by atoms with E-state index in [1.807, 2.05) is 6.08 Å². The minimum Gasteiger partial charge on any atom is -0.0885 e. The zero-order valence-corrected chi connectivity index (χ0v) is 25.5. The normalized spacial score (nSPS) is 11.7. The van der Waals surface area contributed by atoms with E-state index < -0.39 is 0 Å². The van der Waals surface area contributed by atoms with Crippen LogP contribution >= 0.6 is 0 Å². The number of unbranched alkanes of at least 4 members (excludes halogenated alkanes) is 31. The van der Waals surface area contributed by atoms with Crippen molar-refractivity contribution < 1.29 is 0 Å². The number of hydrogen-bond acceptors (Lipinski definition) is 0. The van der Waals surface area contributed by atoms with E-state index in [1.165, 1.54) is 205 Å². The fraction of sp³-hybridized carbons (Fsp3) is 0.917. The maximum atomic E-state index is 3.75. The second-order valence-corrected chi connectivity index (χ2v) is 11.9. The van der Waals surface area contributed by atoms with E-state index in [1.54, 1.807) is 0 Å². The summed E-state index contributed by atoms with van der Waals surface area (Å²) in [5.74, 6) is 0. The molecule has 0 amide bonds. The van der Waals surface area contributed by atoms with Crippen molar-refractivity contribution in [3.63, 3.8) is 0 Å². The minimum absolute atomic E-state index is 1.23. The Kier molecular flexibility index (Phi) is 34.5. The van der Waals surface area contributed by atoms with Gasteiger partial charge in [-0.2, -0.15) is 0 Å². The largest absolute Gasteiger partial charge is 0.0885 e. The molecule has 0 heterocycles. The molecule has 0 N–H and O–H groups in total. The third kappa shape index (κ3) is 33.7. The highest BCUT2D eigenvalue weighted by Gasteiger charge is 1.97. The molecule has 36 heavy (non-hydrogen) atoms. The van der Waals surface area contributed by atoms with Gasteiger partial charge in [-0.05, 0) is 19.8 Å². The average molecular weight is 504 g/mol. The minimum atomic E-state index is 1.23. The predicted molar refractivity (Wildman–Crippen MR) is 168 cm³/mol. The molecule has 0 unspecified atom stereocenters. The van der Waals surface area contributed by atoms with Gasteiger partial charge in [0.15, 0.2) is 0 Å². The summed E-state index contributed by atoms with van der Waals surface area (Å²) in [7, 11) is 0. The lowest BCUT2D eigenvalue weighted by molar-refractivity contribution is 0.512. The van der Waals surface area contributed by atoms with Gasteiger partial charge in [0.1, 0.15) is 0 Å². The Morgan fingerprint density at radius 1 is 0.306 bits per heavy atom. The maximum absolute atomic E-state index is 3.75. The fourth-order valence-electron chi connectivity index (χ4n) is 5.58. The molecule has 0 nitrogen and oxygen atoms in total. The number of allylic oxidation sites excluding steroid dienone is 2. The highest BCUT2D eigenvalue weighted by Crippen LogP contribution is 2.16. The van der Waals surface area contributed by atoms with Crippen molar-refractivity contribution in [1.82, 2.24) is 0 Å². The van der Waals surface area contributed by atoms with Crippen LogP contribution in [0.4, 0.5) is 0 Å². The SMILES string of the molecule is [CH2]C=CCCCCCCCCCCCCCCCCCCCCCCCCCCCCCCCCC. The lowest BCUT2D eigenvalue weighted by atomic mass is 10.0. The molecule has 0 spiro atoms. The van der Waals surface area contributed by atoms with Gasteiger partial charge in [-0.3, -0.25) is 0 Å². The summed E-state index contributed by atoms with van der Waals surface area (Å²) in [6.07, 6.45) is 50.9. The van der Waals surface area contributed by atoms with Crippen molar-refractivity contribution in [2.24, 2.45) is 0 Å². The van der Waals surface area contributed by atoms with E-state index in [2.05, 4.69) is 19.9 Å². The molecule has 0 aromatic heterocycles. The molecule has 0 heteroatoms. The van der Waals surface area contributed by atoms with Crippen LogP contribution in [0.5, 0.6) is 0 Å². The monoisotopic (exact) mass is 504 g/mol. The molecule has 0 saturated carbocycles. The van der Waals surface area contributed by atoms with Gasteiger partial charge in [0.2, 0.25) is 0 Å². The second-order valence-electron chi connectivity index (χ2n) is 11.9. The van der Waals surface area contributed by atoms with Gasteiger partial charge in [0, 0.05) is 0 Å². The first kappa shape index (κ1) is 35.7. The lowest BCUT2D eigenvalue weighted by Crippen LogP contribution is -1.85. The molecule has 0 aromatic carbocycles. The van der Waals surface area contributed by atoms with Crippen LogP contribution in [-0.2, 0) is 0 Å². The Morgan fingerprint density at radius 3 is 0.694 bits per heavy atom. The van der Waals surface area contributed by atoms with E-state index in [0.29, 0.717) is 0 Å². The Labute approximate surface area is 231 Å². The molecule has 0 aliphatic rings. The van der Waals surface area contributed by atoms with Gasteiger partial charge in [-0.25, -0.2) is 0 Å². The van der Waals surface area contributed by atoms with Crippen molar-refractivity contribution in [3.8, 4) is 0 Å². The van der Waals surface area contributed by atoms with E-state index in [-0.39, 0.29) is 0 Å². The van der Waals surface area contributed by atoms with Crippen LogP contribution in [0.1, 0.15) is 212 Å². The molecule has 0 aromatic rings. The Balaban J connectivity index is 3.01. The number of hydrogen-bond donors (Lipinski definition) is 0. The van der Waals surface area contributed by atoms with Crippen LogP contribution in [0.3, 0.4) is 0 Å². The van der Waals surface area contributed by atoms with Crippen molar-refractivity contribution in [3.05, 3.63) is 19.1 Å². The molecular weight excluding hydrogens is 432 g/mol. The third-order valence-electron chi connectivity index (χ3n) is 8.14. The maximum Gasteiger partial charge on any atom is -0.0316 e. The van der Waals surface area contributed by atoms with Crippen LogP contribution in [0.15, 0.2) is 12.2 Å². The van der Waals surface area contributed by atoms with Gasteiger partial charge in [0.05, 0.1) is 0 Å². The molecule has 0 saturated heterocycles. The first-order valence-electron chi connectivity index (χ1n) is 17.4. The highest BCUT2D eigenvalue weighted by molar-refractivity contribution is 4.83. The summed E-state index contributed by atoms with van der Waals surface area (Å²) in [6, 6.07) is 0. The van der Waals surface area contributed by atoms with Gasteiger partial charge < -0.3 is 0 Å². The Hall–Kier alpha value is -0.260. The molecule has 0 aliphatic heterocycles. The smallest absolute Gasteiger partial charge is 0.0316 e. The Morgan fingerprint density at radius 2 is 0.500 bits per heavy atom. The van der Waals surface area contributed by atoms with Crippen molar-refractivity contribution >= 4 is 0 Å². The molecule has 215 valence electrons. The first-order valence-corrected chi connectivity index (χ1v) is 17.4. The zero-order chi connectivity index (χ0) is 26.0. The molecule has 0 aliphatic carbocycles. The topological polar surface area (TPSA) is 0 Å². The predicted octanol–water partition coefficient (Wildman–Crippen LogP) is 13.9. The van der Waals surface area contributed by atoms with Gasteiger partial charge in [-0.15, -0.1) is 0 Å². The van der Waals surface area contributed by atoms with Crippen molar-refractivity contribution in [1.29, 1.82) is 0 Å². The lowest BCUT2D eigenvalue weighted by Gasteiger charge is -2.04. The summed E-state index contributed by atoms with van der Waals surface area (Å²) in [6.45, 7) is 6.05. The summed E-state index contributed by atoms with van der Waals surface area (Å²) >= 11 is 0.